The Kier molecular flexibility index (Phi) is 4.31. The van der Waals surface area contributed by atoms with Gasteiger partial charge in [0.2, 0.25) is 5.91 Å². The predicted octanol–water partition coefficient (Wildman–Crippen LogP) is 3.18. The van der Waals surface area contributed by atoms with Gasteiger partial charge in [0.25, 0.3) is 0 Å². The van der Waals surface area contributed by atoms with Gasteiger partial charge in [0, 0.05) is 6.61 Å². The molecule has 5 nitrogen and oxygen atoms in total. The van der Waals surface area contributed by atoms with Crippen LogP contribution >= 0.6 is 11.6 Å². The molecule has 1 aromatic carbocycles. The van der Waals surface area contributed by atoms with E-state index in [1.54, 1.807) is 0 Å². The van der Waals surface area contributed by atoms with Crippen LogP contribution in [0.1, 0.15) is 25.7 Å². The van der Waals surface area contributed by atoms with E-state index in [9.17, 15) is 4.79 Å². The molecule has 1 unspecified atom stereocenters. The lowest BCUT2D eigenvalue weighted by Gasteiger charge is -2.21. The number of benzene rings is 1. The summed E-state index contributed by atoms with van der Waals surface area (Å²) in [6, 6.07) is 7.40. The molecule has 1 aliphatic heterocycles. The number of halogens is 1. The zero-order valence-electron chi connectivity index (χ0n) is 11.5. The molecule has 2 aromatic rings. The molecule has 6 heteroatoms. The van der Waals surface area contributed by atoms with Gasteiger partial charge in [-0.15, -0.1) is 0 Å². The minimum Gasteiger partial charge on any atom is -0.378 e. The molecule has 1 amide bonds. The highest BCUT2D eigenvalue weighted by Crippen LogP contribution is 2.22. The van der Waals surface area contributed by atoms with Crippen LogP contribution in [0.15, 0.2) is 24.3 Å². The molecule has 1 saturated heterocycles. The van der Waals surface area contributed by atoms with Gasteiger partial charge in [-0.05, 0) is 31.4 Å². The van der Waals surface area contributed by atoms with Crippen molar-refractivity contribution in [3.63, 3.8) is 0 Å². The van der Waals surface area contributed by atoms with E-state index in [4.69, 9.17) is 16.3 Å². The lowest BCUT2D eigenvalue weighted by Crippen LogP contribution is -2.26. The molecule has 1 atom stereocenters. The first-order valence-corrected chi connectivity index (χ1v) is 7.44. The summed E-state index contributed by atoms with van der Waals surface area (Å²) in [4.78, 5) is 20.6. The van der Waals surface area contributed by atoms with Crippen molar-refractivity contribution in [2.45, 2.75) is 31.8 Å². The largest absolute Gasteiger partial charge is 0.378 e. The van der Waals surface area contributed by atoms with Crippen LogP contribution in [-0.4, -0.2) is 28.6 Å². The Morgan fingerprint density at radius 2 is 2.05 bits per heavy atom. The van der Waals surface area contributed by atoms with Gasteiger partial charge in [-0.1, -0.05) is 23.7 Å². The highest BCUT2D eigenvalue weighted by molar-refractivity contribution is 6.32. The number of nitrogens with zero attached hydrogens (tertiary/aromatic N) is 2. The normalized spacial score (nSPS) is 18.6. The average molecular weight is 306 g/mol. The van der Waals surface area contributed by atoms with Crippen molar-refractivity contribution < 1.29 is 9.53 Å². The van der Waals surface area contributed by atoms with Crippen LogP contribution in [0.3, 0.4) is 0 Å². The standard InChI is InChI=1S/C15H16ClN3O2/c16-14-15(18-12-7-2-1-6-11(12)17-14)19-13(20)9-10-5-3-4-8-21-10/h1-2,6-7,10H,3-5,8-9H2,(H,18,19,20). The summed E-state index contributed by atoms with van der Waals surface area (Å²) in [5.74, 6) is 0.157. The molecule has 110 valence electrons. The van der Waals surface area contributed by atoms with E-state index in [1.165, 1.54) is 0 Å². The number of anilines is 1. The lowest BCUT2D eigenvalue weighted by atomic mass is 10.1. The van der Waals surface area contributed by atoms with Gasteiger partial charge in [0.1, 0.15) is 0 Å². The fourth-order valence-electron chi connectivity index (χ4n) is 2.42. The van der Waals surface area contributed by atoms with E-state index in [0.29, 0.717) is 23.3 Å². The average Bonchev–Trinajstić information content (AvgIpc) is 2.49. The number of ether oxygens (including phenoxy) is 1. The monoisotopic (exact) mass is 305 g/mol. The van der Waals surface area contributed by atoms with E-state index in [0.717, 1.165) is 25.9 Å². The van der Waals surface area contributed by atoms with E-state index in [1.807, 2.05) is 24.3 Å². The van der Waals surface area contributed by atoms with Crippen LogP contribution in [0.4, 0.5) is 5.82 Å². The summed E-state index contributed by atoms with van der Waals surface area (Å²) in [7, 11) is 0. The molecule has 1 aromatic heterocycles. The van der Waals surface area contributed by atoms with Gasteiger partial charge < -0.3 is 10.1 Å². The van der Waals surface area contributed by atoms with Gasteiger partial charge in [0.15, 0.2) is 11.0 Å². The van der Waals surface area contributed by atoms with Crippen LogP contribution in [0.5, 0.6) is 0 Å². The topological polar surface area (TPSA) is 64.1 Å². The zero-order valence-corrected chi connectivity index (χ0v) is 12.3. The molecule has 0 spiro atoms. The molecule has 1 aliphatic rings. The number of rotatable bonds is 3. The summed E-state index contributed by atoms with van der Waals surface area (Å²) < 4.78 is 5.56. The first-order valence-electron chi connectivity index (χ1n) is 7.06. The van der Waals surface area contributed by atoms with Gasteiger partial charge in [0.05, 0.1) is 23.6 Å². The second kappa shape index (κ2) is 6.37. The van der Waals surface area contributed by atoms with Crippen molar-refractivity contribution in [3.05, 3.63) is 29.4 Å². The first kappa shape index (κ1) is 14.2. The summed E-state index contributed by atoms with van der Waals surface area (Å²) in [6.45, 7) is 0.731. The number of fused-ring (bicyclic) bond motifs is 1. The molecular formula is C15H16ClN3O2. The number of carbonyl (C=O) groups excluding carboxylic acids is 1. The zero-order chi connectivity index (χ0) is 14.7. The van der Waals surface area contributed by atoms with Crippen molar-refractivity contribution in [2.24, 2.45) is 0 Å². The molecular weight excluding hydrogens is 290 g/mol. The van der Waals surface area contributed by atoms with E-state index < -0.39 is 0 Å². The molecule has 1 N–H and O–H groups in total. The van der Waals surface area contributed by atoms with Gasteiger partial charge >= 0.3 is 0 Å². The number of carbonyl (C=O) groups is 1. The smallest absolute Gasteiger partial charge is 0.228 e. The molecule has 0 radical (unpaired) electrons. The van der Waals surface area contributed by atoms with Crippen molar-refractivity contribution in [3.8, 4) is 0 Å². The summed E-state index contributed by atoms with van der Waals surface area (Å²) in [6.07, 6.45) is 3.41. The fraction of sp³-hybridized carbons (Fsp3) is 0.400. The molecule has 2 heterocycles. The number of nitrogens with one attached hydrogen (secondary N) is 1. The van der Waals surface area contributed by atoms with Crippen molar-refractivity contribution in [1.82, 2.24) is 9.97 Å². The third-order valence-corrected chi connectivity index (χ3v) is 3.74. The maximum absolute atomic E-state index is 12.1. The molecule has 21 heavy (non-hydrogen) atoms. The van der Waals surface area contributed by atoms with Gasteiger partial charge in [-0.2, -0.15) is 0 Å². The lowest BCUT2D eigenvalue weighted by molar-refractivity contribution is -0.119. The number of para-hydroxylation sites is 2. The van der Waals surface area contributed by atoms with E-state index in [2.05, 4.69) is 15.3 Å². The van der Waals surface area contributed by atoms with Crippen LogP contribution < -0.4 is 5.32 Å². The Labute approximate surface area is 127 Å². The number of aromatic nitrogens is 2. The van der Waals surface area contributed by atoms with Crippen molar-refractivity contribution in [1.29, 1.82) is 0 Å². The van der Waals surface area contributed by atoms with Crippen LogP contribution in [0.2, 0.25) is 5.15 Å². The van der Waals surface area contributed by atoms with E-state index >= 15 is 0 Å². The highest BCUT2D eigenvalue weighted by Gasteiger charge is 2.19. The number of amides is 1. The van der Waals surface area contributed by atoms with E-state index in [-0.39, 0.29) is 17.2 Å². The molecule has 0 saturated carbocycles. The third-order valence-electron chi connectivity index (χ3n) is 3.47. The molecule has 1 fully saturated rings. The second-order valence-electron chi connectivity index (χ2n) is 5.09. The third kappa shape index (κ3) is 3.49. The predicted molar refractivity (Wildman–Crippen MR) is 81.4 cm³/mol. The number of hydrogen-bond acceptors (Lipinski definition) is 4. The first-order chi connectivity index (χ1) is 10.2. The van der Waals surface area contributed by atoms with Crippen LogP contribution in [0.25, 0.3) is 11.0 Å². The summed E-state index contributed by atoms with van der Waals surface area (Å²) in [5, 5.41) is 2.93. The fourth-order valence-corrected chi connectivity index (χ4v) is 2.60. The maximum Gasteiger partial charge on any atom is 0.228 e. The van der Waals surface area contributed by atoms with Crippen molar-refractivity contribution >= 4 is 34.4 Å². The Balaban J connectivity index is 1.71. The molecule has 0 bridgehead atoms. The maximum atomic E-state index is 12.1. The second-order valence-corrected chi connectivity index (χ2v) is 5.45. The minimum atomic E-state index is -0.145. The Bertz CT molecular complexity index is 656. The highest BCUT2D eigenvalue weighted by atomic mass is 35.5. The quantitative estimate of drug-likeness (QED) is 0.946. The molecule has 3 rings (SSSR count). The summed E-state index contributed by atoms with van der Waals surface area (Å²) >= 11 is 6.07. The SMILES string of the molecule is O=C(CC1CCCCO1)Nc1nc2ccccc2nc1Cl. The summed E-state index contributed by atoms with van der Waals surface area (Å²) in [5.41, 5.74) is 1.40. The van der Waals surface area contributed by atoms with Gasteiger partial charge in [-0.3, -0.25) is 4.79 Å². The van der Waals surface area contributed by atoms with Crippen molar-refractivity contribution in [2.75, 3.05) is 11.9 Å². The minimum absolute atomic E-state index is 0.00839. The van der Waals surface area contributed by atoms with Gasteiger partial charge in [-0.25, -0.2) is 9.97 Å². The Morgan fingerprint density at radius 1 is 1.29 bits per heavy atom. The van der Waals surface area contributed by atoms with Crippen LogP contribution in [0, 0.1) is 0 Å². The number of hydrogen-bond donors (Lipinski definition) is 1. The molecule has 0 aliphatic carbocycles. The van der Waals surface area contributed by atoms with Crippen LogP contribution in [-0.2, 0) is 9.53 Å². The Morgan fingerprint density at radius 3 is 2.76 bits per heavy atom. The Hall–Kier alpha value is -1.72.